The minimum Gasteiger partial charge on any atom is -0.380 e. The first kappa shape index (κ1) is 14.9. The Kier molecular flexibility index (Phi) is 6.45. The summed E-state index contributed by atoms with van der Waals surface area (Å²) in [5.74, 6) is 1.35. The summed E-state index contributed by atoms with van der Waals surface area (Å²) in [4.78, 5) is 2.59. The van der Waals surface area contributed by atoms with Crippen molar-refractivity contribution < 1.29 is 4.74 Å². The molecule has 102 valence electrons. The molecule has 17 heavy (non-hydrogen) atoms. The maximum absolute atomic E-state index is 5.70. The van der Waals surface area contributed by atoms with Crippen molar-refractivity contribution in [2.75, 3.05) is 32.8 Å². The molecule has 0 aliphatic carbocycles. The van der Waals surface area contributed by atoms with Gasteiger partial charge in [0.15, 0.2) is 0 Å². The molecule has 1 N–H and O–H groups in total. The van der Waals surface area contributed by atoms with Crippen LogP contribution in [0.2, 0.25) is 0 Å². The first-order valence-electron chi connectivity index (χ1n) is 7.06. The molecule has 0 amide bonds. The van der Waals surface area contributed by atoms with Gasteiger partial charge < -0.3 is 10.1 Å². The number of ether oxygens (including phenoxy) is 1. The van der Waals surface area contributed by atoms with Gasteiger partial charge in [0.25, 0.3) is 0 Å². The quantitative estimate of drug-likeness (QED) is 0.721. The van der Waals surface area contributed by atoms with E-state index in [1.165, 1.54) is 0 Å². The van der Waals surface area contributed by atoms with Gasteiger partial charge >= 0.3 is 0 Å². The second kappa shape index (κ2) is 7.34. The van der Waals surface area contributed by atoms with Gasteiger partial charge in [-0.1, -0.05) is 27.7 Å². The number of hydrogen-bond donors (Lipinski definition) is 1. The van der Waals surface area contributed by atoms with Crippen molar-refractivity contribution in [3.05, 3.63) is 0 Å². The number of nitrogens with one attached hydrogen (secondary N) is 1. The molecule has 2 unspecified atom stereocenters. The fourth-order valence-electron chi connectivity index (χ4n) is 2.42. The summed E-state index contributed by atoms with van der Waals surface area (Å²) in [7, 11) is 0. The van der Waals surface area contributed by atoms with Gasteiger partial charge in [-0.2, -0.15) is 0 Å². The number of rotatable bonds is 6. The molecule has 0 bridgehead atoms. The first-order chi connectivity index (χ1) is 8.00. The molecule has 2 atom stereocenters. The molecule has 0 spiro atoms. The zero-order chi connectivity index (χ0) is 12.8. The monoisotopic (exact) mass is 242 g/mol. The van der Waals surface area contributed by atoms with Crippen LogP contribution in [-0.2, 0) is 4.74 Å². The highest BCUT2D eigenvalue weighted by Crippen LogP contribution is 2.14. The lowest BCUT2D eigenvalue weighted by atomic mass is 9.99. The lowest BCUT2D eigenvalue weighted by Crippen LogP contribution is -2.57. The Labute approximate surface area is 107 Å². The van der Waals surface area contributed by atoms with Gasteiger partial charge in [0.1, 0.15) is 0 Å². The van der Waals surface area contributed by atoms with Crippen LogP contribution in [0.3, 0.4) is 0 Å². The summed E-state index contributed by atoms with van der Waals surface area (Å²) in [6, 6.07) is 1.27. The van der Waals surface area contributed by atoms with E-state index >= 15 is 0 Å². The molecular weight excluding hydrogens is 212 g/mol. The van der Waals surface area contributed by atoms with E-state index in [2.05, 4.69) is 44.8 Å². The maximum atomic E-state index is 5.70. The van der Waals surface area contributed by atoms with E-state index in [0.717, 1.165) is 32.8 Å². The summed E-state index contributed by atoms with van der Waals surface area (Å²) in [6.45, 7) is 16.4. The molecule has 3 heteroatoms. The summed E-state index contributed by atoms with van der Waals surface area (Å²) in [5.41, 5.74) is 0. The van der Waals surface area contributed by atoms with Gasteiger partial charge in [0, 0.05) is 38.3 Å². The van der Waals surface area contributed by atoms with Crippen LogP contribution in [0.4, 0.5) is 0 Å². The molecule has 3 nitrogen and oxygen atoms in total. The lowest BCUT2D eigenvalue weighted by Gasteiger charge is -2.41. The Morgan fingerprint density at radius 3 is 2.59 bits per heavy atom. The summed E-state index contributed by atoms with van der Waals surface area (Å²) in [6.07, 6.45) is 0. The Morgan fingerprint density at radius 1 is 1.29 bits per heavy atom. The molecule has 1 aliphatic rings. The van der Waals surface area contributed by atoms with Crippen molar-refractivity contribution in [1.29, 1.82) is 0 Å². The van der Waals surface area contributed by atoms with Crippen LogP contribution in [-0.4, -0.2) is 49.8 Å². The molecule has 1 saturated heterocycles. The van der Waals surface area contributed by atoms with Crippen molar-refractivity contribution >= 4 is 0 Å². The SMILES string of the molecule is CC(C)COCCN1CC(C)NCC1C(C)C. The number of piperazine rings is 1. The molecule has 1 fully saturated rings. The van der Waals surface area contributed by atoms with Crippen LogP contribution in [0.15, 0.2) is 0 Å². The van der Waals surface area contributed by atoms with Crippen molar-refractivity contribution in [3.8, 4) is 0 Å². The van der Waals surface area contributed by atoms with Gasteiger partial charge in [-0.15, -0.1) is 0 Å². The third kappa shape index (κ3) is 5.36. The average Bonchev–Trinajstić information content (AvgIpc) is 2.23. The fourth-order valence-corrected chi connectivity index (χ4v) is 2.42. The van der Waals surface area contributed by atoms with Crippen LogP contribution >= 0.6 is 0 Å². The third-order valence-corrected chi connectivity index (χ3v) is 3.40. The van der Waals surface area contributed by atoms with Crippen molar-refractivity contribution in [2.24, 2.45) is 11.8 Å². The van der Waals surface area contributed by atoms with Gasteiger partial charge in [0.05, 0.1) is 6.61 Å². The van der Waals surface area contributed by atoms with E-state index < -0.39 is 0 Å². The van der Waals surface area contributed by atoms with E-state index in [1.54, 1.807) is 0 Å². The normalized spacial score (nSPS) is 27.0. The molecule has 0 aromatic rings. The van der Waals surface area contributed by atoms with Gasteiger partial charge in [-0.3, -0.25) is 4.90 Å². The van der Waals surface area contributed by atoms with Crippen LogP contribution in [0.5, 0.6) is 0 Å². The molecule has 0 aromatic heterocycles. The van der Waals surface area contributed by atoms with E-state index in [-0.39, 0.29) is 0 Å². The highest BCUT2D eigenvalue weighted by molar-refractivity contribution is 4.85. The predicted octanol–water partition coefficient (Wildman–Crippen LogP) is 1.98. The van der Waals surface area contributed by atoms with Crippen molar-refractivity contribution in [2.45, 2.75) is 46.7 Å². The Morgan fingerprint density at radius 2 is 2.00 bits per heavy atom. The van der Waals surface area contributed by atoms with Gasteiger partial charge in [0.2, 0.25) is 0 Å². The number of hydrogen-bond acceptors (Lipinski definition) is 3. The van der Waals surface area contributed by atoms with Crippen LogP contribution in [0, 0.1) is 11.8 Å². The topological polar surface area (TPSA) is 24.5 Å². The van der Waals surface area contributed by atoms with Crippen LogP contribution in [0.25, 0.3) is 0 Å². The molecule has 1 rings (SSSR count). The van der Waals surface area contributed by atoms with Gasteiger partial charge in [-0.25, -0.2) is 0 Å². The van der Waals surface area contributed by atoms with Crippen molar-refractivity contribution in [1.82, 2.24) is 10.2 Å². The Bertz CT molecular complexity index is 206. The van der Waals surface area contributed by atoms with E-state index in [9.17, 15) is 0 Å². The zero-order valence-corrected chi connectivity index (χ0v) is 12.2. The average molecular weight is 242 g/mol. The molecule has 0 aromatic carbocycles. The standard InChI is InChI=1S/C14H30N2O/c1-11(2)10-17-7-6-16-9-13(5)15-8-14(16)12(3)4/h11-15H,6-10H2,1-5H3. The minimum absolute atomic E-state index is 0.607. The molecule has 0 saturated carbocycles. The van der Waals surface area contributed by atoms with E-state index in [4.69, 9.17) is 4.74 Å². The van der Waals surface area contributed by atoms with Crippen molar-refractivity contribution in [3.63, 3.8) is 0 Å². The van der Waals surface area contributed by atoms with E-state index in [0.29, 0.717) is 23.9 Å². The Hall–Kier alpha value is -0.120. The number of nitrogens with zero attached hydrogens (tertiary/aromatic N) is 1. The van der Waals surface area contributed by atoms with Crippen LogP contribution in [0.1, 0.15) is 34.6 Å². The molecule has 1 heterocycles. The highest BCUT2D eigenvalue weighted by atomic mass is 16.5. The second-order valence-electron chi connectivity index (χ2n) is 6.08. The molecule has 1 aliphatic heterocycles. The fraction of sp³-hybridized carbons (Fsp3) is 1.00. The van der Waals surface area contributed by atoms with Crippen LogP contribution < -0.4 is 5.32 Å². The third-order valence-electron chi connectivity index (χ3n) is 3.40. The molecular formula is C14H30N2O. The lowest BCUT2D eigenvalue weighted by molar-refractivity contribution is 0.0444. The highest BCUT2D eigenvalue weighted by Gasteiger charge is 2.27. The summed E-state index contributed by atoms with van der Waals surface area (Å²) < 4.78 is 5.70. The molecule has 0 radical (unpaired) electrons. The minimum atomic E-state index is 0.607. The summed E-state index contributed by atoms with van der Waals surface area (Å²) in [5, 5.41) is 3.57. The predicted molar refractivity (Wildman–Crippen MR) is 73.3 cm³/mol. The van der Waals surface area contributed by atoms with E-state index in [1.807, 2.05) is 0 Å². The zero-order valence-electron chi connectivity index (χ0n) is 12.2. The smallest absolute Gasteiger partial charge is 0.0593 e. The Balaban J connectivity index is 2.31. The maximum Gasteiger partial charge on any atom is 0.0593 e. The largest absolute Gasteiger partial charge is 0.380 e. The first-order valence-corrected chi connectivity index (χ1v) is 7.06. The summed E-state index contributed by atoms with van der Waals surface area (Å²) >= 11 is 0. The van der Waals surface area contributed by atoms with Gasteiger partial charge in [-0.05, 0) is 18.8 Å². The second-order valence-corrected chi connectivity index (χ2v) is 6.08.